The van der Waals surface area contributed by atoms with E-state index in [2.05, 4.69) is 17.4 Å². The molecule has 4 rings (SSSR count). The van der Waals surface area contributed by atoms with Crippen molar-refractivity contribution >= 4 is 17.8 Å². The fraction of sp³-hybridized carbons (Fsp3) is 0.364. The summed E-state index contributed by atoms with van der Waals surface area (Å²) in [6.45, 7) is 2.41. The van der Waals surface area contributed by atoms with Crippen LogP contribution in [-0.4, -0.2) is 54.2 Å². The van der Waals surface area contributed by atoms with E-state index in [0.29, 0.717) is 26.2 Å². The first-order chi connectivity index (χ1) is 13.7. The van der Waals surface area contributed by atoms with Crippen LogP contribution < -0.4 is 5.32 Å². The van der Waals surface area contributed by atoms with E-state index < -0.39 is 0 Å². The molecule has 2 aromatic rings. The number of urea groups is 1. The number of cyclic esters (lactones) is 1. The van der Waals surface area contributed by atoms with Gasteiger partial charge in [0.05, 0.1) is 6.54 Å². The van der Waals surface area contributed by atoms with Gasteiger partial charge in [0.25, 0.3) is 0 Å². The third kappa shape index (κ3) is 4.11. The zero-order chi connectivity index (χ0) is 19.3. The van der Waals surface area contributed by atoms with Crippen LogP contribution in [0.1, 0.15) is 24.0 Å². The van der Waals surface area contributed by atoms with Gasteiger partial charge in [0.2, 0.25) is 0 Å². The van der Waals surface area contributed by atoms with Crippen molar-refractivity contribution in [3.63, 3.8) is 0 Å². The Balaban J connectivity index is 1.36. The van der Waals surface area contributed by atoms with E-state index in [4.69, 9.17) is 4.74 Å². The number of hydrogen-bond acceptors (Lipinski definition) is 3. The fourth-order valence-electron chi connectivity index (χ4n) is 3.92. The normalized spacial score (nSPS) is 17.5. The molecule has 2 heterocycles. The highest BCUT2D eigenvalue weighted by Gasteiger charge is 2.33. The summed E-state index contributed by atoms with van der Waals surface area (Å²) in [5, 5.41) is 3.08. The van der Waals surface area contributed by atoms with Crippen LogP contribution in [0, 0.1) is 0 Å². The zero-order valence-corrected chi connectivity index (χ0v) is 15.8. The molecule has 1 N–H and O–H groups in total. The molecule has 6 nitrogen and oxygen atoms in total. The zero-order valence-electron chi connectivity index (χ0n) is 15.8. The molecular weight excluding hydrogens is 354 g/mol. The number of likely N-dealkylation sites (tertiary alicyclic amines) is 1. The van der Waals surface area contributed by atoms with Gasteiger partial charge in [-0.15, -0.1) is 0 Å². The van der Waals surface area contributed by atoms with Gasteiger partial charge < -0.3 is 19.9 Å². The standard InChI is InChI=1S/C22H25N3O3/c26-21(24-12-10-19(11-13-24)25-14-15-28-22(25)27)23-20-9-5-4-8-18(20)16-17-6-2-1-3-7-17/h1-9,19H,10-16H2,(H,23,26). The quantitative estimate of drug-likeness (QED) is 0.881. The molecule has 3 amide bonds. The van der Waals surface area contributed by atoms with Gasteiger partial charge >= 0.3 is 12.1 Å². The Morgan fingerprint density at radius 2 is 1.71 bits per heavy atom. The number of carbonyl (C=O) groups is 2. The van der Waals surface area contributed by atoms with Crippen molar-refractivity contribution in [3.8, 4) is 0 Å². The molecule has 2 aromatic carbocycles. The molecule has 2 aliphatic rings. The molecule has 6 heteroatoms. The Morgan fingerprint density at radius 3 is 2.43 bits per heavy atom. The first kappa shape index (κ1) is 18.3. The average Bonchev–Trinajstić information content (AvgIpc) is 3.16. The largest absolute Gasteiger partial charge is 0.448 e. The van der Waals surface area contributed by atoms with Gasteiger partial charge in [0.15, 0.2) is 0 Å². The van der Waals surface area contributed by atoms with E-state index >= 15 is 0 Å². The Bertz CT molecular complexity index is 832. The lowest BCUT2D eigenvalue weighted by molar-refractivity contribution is 0.125. The summed E-state index contributed by atoms with van der Waals surface area (Å²) >= 11 is 0. The SMILES string of the molecule is O=C(Nc1ccccc1Cc1ccccc1)N1CCC(N2CCOC2=O)CC1. The summed E-state index contributed by atoms with van der Waals surface area (Å²) in [5.41, 5.74) is 3.15. The lowest BCUT2D eigenvalue weighted by Crippen LogP contribution is -2.48. The maximum atomic E-state index is 12.8. The maximum Gasteiger partial charge on any atom is 0.410 e. The first-order valence-corrected chi connectivity index (χ1v) is 9.82. The average molecular weight is 379 g/mol. The van der Waals surface area contributed by atoms with Crippen LogP contribution in [0.25, 0.3) is 0 Å². The Labute approximate surface area is 165 Å². The smallest absolute Gasteiger partial charge is 0.410 e. The molecule has 0 saturated carbocycles. The van der Waals surface area contributed by atoms with Gasteiger partial charge in [-0.3, -0.25) is 0 Å². The lowest BCUT2D eigenvalue weighted by Gasteiger charge is -2.35. The highest BCUT2D eigenvalue weighted by molar-refractivity contribution is 5.90. The van der Waals surface area contributed by atoms with E-state index in [1.54, 1.807) is 4.90 Å². The van der Waals surface area contributed by atoms with Gasteiger partial charge in [-0.2, -0.15) is 0 Å². The van der Waals surface area contributed by atoms with E-state index in [1.807, 2.05) is 47.4 Å². The minimum atomic E-state index is -0.224. The molecule has 146 valence electrons. The van der Waals surface area contributed by atoms with E-state index in [9.17, 15) is 9.59 Å². The number of amides is 3. The second-order valence-corrected chi connectivity index (χ2v) is 7.28. The molecular formula is C22H25N3O3. The summed E-state index contributed by atoms with van der Waals surface area (Å²) in [7, 11) is 0. The van der Waals surface area contributed by atoms with Crippen LogP contribution in [0.3, 0.4) is 0 Å². The van der Waals surface area contributed by atoms with Crippen LogP contribution in [-0.2, 0) is 11.2 Å². The third-order valence-corrected chi connectivity index (χ3v) is 5.48. The van der Waals surface area contributed by atoms with Crippen molar-refractivity contribution in [1.29, 1.82) is 0 Å². The number of para-hydroxylation sites is 1. The molecule has 0 aromatic heterocycles. The molecule has 0 aliphatic carbocycles. The van der Waals surface area contributed by atoms with Crippen LogP contribution >= 0.6 is 0 Å². The Morgan fingerprint density at radius 1 is 1.00 bits per heavy atom. The van der Waals surface area contributed by atoms with Crippen molar-refractivity contribution in [2.24, 2.45) is 0 Å². The molecule has 2 aliphatic heterocycles. The van der Waals surface area contributed by atoms with Crippen molar-refractivity contribution in [2.45, 2.75) is 25.3 Å². The molecule has 2 fully saturated rings. The molecule has 0 atom stereocenters. The second-order valence-electron chi connectivity index (χ2n) is 7.28. The van der Waals surface area contributed by atoms with Crippen LogP contribution in [0.15, 0.2) is 54.6 Å². The topological polar surface area (TPSA) is 61.9 Å². The van der Waals surface area contributed by atoms with Crippen molar-refractivity contribution in [3.05, 3.63) is 65.7 Å². The number of hydrogen-bond donors (Lipinski definition) is 1. The number of rotatable bonds is 4. The summed E-state index contributed by atoms with van der Waals surface area (Å²) in [6, 6.07) is 18.3. The van der Waals surface area contributed by atoms with Crippen LogP contribution in [0.5, 0.6) is 0 Å². The molecule has 0 radical (unpaired) electrons. The monoisotopic (exact) mass is 379 g/mol. The highest BCUT2D eigenvalue weighted by atomic mass is 16.6. The molecule has 28 heavy (non-hydrogen) atoms. The fourth-order valence-corrected chi connectivity index (χ4v) is 3.92. The number of anilines is 1. The van der Waals surface area contributed by atoms with Gasteiger partial charge in [-0.25, -0.2) is 9.59 Å². The number of nitrogens with one attached hydrogen (secondary N) is 1. The molecule has 0 unspecified atom stereocenters. The maximum absolute atomic E-state index is 12.8. The van der Waals surface area contributed by atoms with Crippen LogP contribution in [0.4, 0.5) is 15.3 Å². The minimum Gasteiger partial charge on any atom is -0.448 e. The van der Waals surface area contributed by atoms with Gasteiger partial charge in [0.1, 0.15) is 6.61 Å². The lowest BCUT2D eigenvalue weighted by atomic mass is 10.0. The number of nitrogens with zero attached hydrogens (tertiary/aromatic N) is 2. The van der Waals surface area contributed by atoms with Gasteiger partial charge in [0, 0.05) is 24.8 Å². The van der Waals surface area contributed by atoms with Gasteiger partial charge in [-0.1, -0.05) is 48.5 Å². The highest BCUT2D eigenvalue weighted by Crippen LogP contribution is 2.23. The third-order valence-electron chi connectivity index (χ3n) is 5.48. The molecule has 0 spiro atoms. The minimum absolute atomic E-state index is 0.0806. The van der Waals surface area contributed by atoms with E-state index in [-0.39, 0.29) is 18.2 Å². The molecule has 2 saturated heterocycles. The van der Waals surface area contributed by atoms with E-state index in [1.165, 1.54) is 5.56 Å². The number of ether oxygens (including phenoxy) is 1. The summed E-state index contributed by atoms with van der Waals surface area (Å²) in [5.74, 6) is 0. The summed E-state index contributed by atoms with van der Waals surface area (Å²) < 4.78 is 5.03. The van der Waals surface area contributed by atoms with Crippen LogP contribution in [0.2, 0.25) is 0 Å². The van der Waals surface area contributed by atoms with Gasteiger partial charge in [-0.05, 0) is 36.5 Å². The van der Waals surface area contributed by atoms with E-state index in [0.717, 1.165) is 30.5 Å². The van der Waals surface area contributed by atoms with Crippen molar-refractivity contribution in [1.82, 2.24) is 9.80 Å². The Kier molecular flexibility index (Phi) is 5.46. The summed E-state index contributed by atoms with van der Waals surface area (Å²) in [6.07, 6.45) is 2.12. The predicted octanol–water partition coefficient (Wildman–Crippen LogP) is 3.73. The first-order valence-electron chi connectivity index (χ1n) is 9.82. The number of carbonyl (C=O) groups excluding carboxylic acids is 2. The predicted molar refractivity (Wildman–Crippen MR) is 107 cm³/mol. The Hall–Kier alpha value is -3.02. The number of benzene rings is 2. The molecule has 0 bridgehead atoms. The van der Waals surface area contributed by atoms with Crippen molar-refractivity contribution < 1.29 is 14.3 Å². The summed E-state index contributed by atoms with van der Waals surface area (Å²) in [4.78, 5) is 28.1. The number of piperidine rings is 1. The second kappa shape index (κ2) is 8.33. The van der Waals surface area contributed by atoms with Crippen molar-refractivity contribution in [2.75, 3.05) is 31.6 Å².